The van der Waals surface area contributed by atoms with E-state index in [9.17, 15) is 0 Å². The monoisotopic (exact) mass is 211 g/mol. The van der Waals surface area contributed by atoms with E-state index in [1.54, 1.807) is 0 Å². The molecule has 1 saturated heterocycles. The molecule has 1 spiro atoms. The lowest BCUT2D eigenvalue weighted by molar-refractivity contribution is 0.00844. The molecule has 0 aromatic heterocycles. The van der Waals surface area contributed by atoms with E-state index in [1.165, 1.54) is 0 Å². The molecule has 0 atom stereocenters. The number of rotatable bonds is 2. The minimum atomic E-state index is 0.173. The third-order valence-corrected chi connectivity index (χ3v) is 3.36. The maximum absolute atomic E-state index is 5.97. The van der Waals surface area contributed by atoms with Gasteiger partial charge >= 0.3 is 0 Å². The minimum Gasteiger partial charge on any atom is -0.381 e. The molecule has 1 fully saturated rings. The van der Waals surface area contributed by atoms with Crippen LogP contribution < -0.4 is 5.73 Å². The van der Waals surface area contributed by atoms with Gasteiger partial charge in [0.1, 0.15) is 0 Å². The number of nitrogens with two attached hydrogens (primary N) is 1. The van der Waals surface area contributed by atoms with Crippen molar-refractivity contribution < 1.29 is 4.74 Å². The average molecular weight is 211 g/mol. The summed E-state index contributed by atoms with van der Waals surface area (Å²) in [5.41, 5.74) is 6.14. The van der Waals surface area contributed by atoms with Crippen LogP contribution in [0.1, 0.15) is 26.7 Å². The summed E-state index contributed by atoms with van der Waals surface area (Å²) in [7, 11) is 0. The number of ether oxygens (including phenoxy) is 1. The Morgan fingerprint density at radius 3 is 2.73 bits per heavy atom. The van der Waals surface area contributed by atoms with Gasteiger partial charge in [-0.05, 0) is 18.8 Å². The molecule has 0 aromatic carbocycles. The molecule has 15 heavy (non-hydrogen) atoms. The second-order valence-corrected chi connectivity index (χ2v) is 5.02. The van der Waals surface area contributed by atoms with Crippen molar-refractivity contribution in [2.75, 3.05) is 26.3 Å². The van der Waals surface area contributed by atoms with Gasteiger partial charge in [0, 0.05) is 19.8 Å². The van der Waals surface area contributed by atoms with Crippen molar-refractivity contribution in [3.8, 4) is 0 Å². The Bertz CT molecular complexity index is 257. The third kappa shape index (κ3) is 1.95. The van der Waals surface area contributed by atoms with E-state index in [0.717, 1.165) is 45.1 Å². The quantitative estimate of drug-likeness (QED) is 0.736. The Kier molecular flexibility index (Phi) is 2.87. The summed E-state index contributed by atoms with van der Waals surface area (Å²) in [6.45, 7) is 8.00. The Morgan fingerprint density at radius 1 is 1.47 bits per heavy atom. The molecule has 2 rings (SSSR count). The van der Waals surface area contributed by atoms with Crippen LogP contribution in [0.3, 0.4) is 0 Å². The highest BCUT2D eigenvalue weighted by Crippen LogP contribution is 2.32. The summed E-state index contributed by atoms with van der Waals surface area (Å²) in [6, 6.07) is 0. The average Bonchev–Trinajstić information content (AvgIpc) is 2.48. The van der Waals surface area contributed by atoms with Gasteiger partial charge in [0.2, 0.25) is 0 Å². The molecule has 0 saturated carbocycles. The Morgan fingerprint density at radius 2 is 2.13 bits per heavy atom. The molecule has 2 aliphatic rings. The fraction of sp³-hybridized carbons (Fsp3) is 0.909. The summed E-state index contributed by atoms with van der Waals surface area (Å²) >= 11 is 0. The summed E-state index contributed by atoms with van der Waals surface area (Å²) in [5, 5.41) is 0. The molecule has 2 aliphatic heterocycles. The number of nitrogens with zero attached hydrogens (tertiary/aromatic N) is 2. The first kappa shape index (κ1) is 10.7. The van der Waals surface area contributed by atoms with Gasteiger partial charge in [-0.25, -0.2) is 0 Å². The van der Waals surface area contributed by atoms with Crippen LogP contribution in [0.15, 0.2) is 4.99 Å². The largest absolute Gasteiger partial charge is 0.381 e. The van der Waals surface area contributed by atoms with Gasteiger partial charge in [-0.15, -0.1) is 0 Å². The van der Waals surface area contributed by atoms with Crippen LogP contribution in [0.2, 0.25) is 0 Å². The van der Waals surface area contributed by atoms with Gasteiger partial charge in [-0.1, -0.05) is 13.8 Å². The van der Waals surface area contributed by atoms with Crippen LogP contribution in [-0.2, 0) is 4.74 Å². The van der Waals surface area contributed by atoms with Gasteiger partial charge in [-0.3, -0.25) is 4.99 Å². The van der Waals surface area contributed by atoms with Gasteiger partial charge in [0.05, 0.1) is 12.1 Å². The number of guanidine groups is 1. The van der Waals surface area contributed by atoms with E-state index < -0.39 is 0 Å². The molecule has 4 heteroatoms. The highest BCUT2D eigenvalue weighted by atomic mass is 16.5. The summed E-state index contributed by atoms with van der Waals surface area (Å²) < 4.78 is 5.43. The molecule has 4 nitrogen and oxygen atoms in total. The highest BCUT2D eigenvalue weighted by molar-refractivity contribution is 5.81. The van der Waals surface area contributed by atoms with Crippen molar-refractivity contribution in [1.82, 2.24) is 4.90 Å². The third-order valence-electron chi connectivity index (χ3n) is 3.36. The van der Waals surface area contributed by atoms with Crippen molar-refractivity contribution in [3.05, 3.63) is 0 Å². The fourth-order valence-electron chi connectivity index (χ4n) is 2.47. The lowest BCUT2D eigenvalue weighted by atomic mass is 9.88. The molecular formula is C11H21N3O. The molecule has 2 N–H and O–H groups in total. The molecule has 2 heterocycles. The summed E-state index contributed by atoms with van der Waals surface area (Å²) in [4.78, 5) is 6.72. The van der Waals surface area contributed by atoms with Crippen LogP contribution in [0.25, 0.3) is 0 Å². The zero-order chi connectivity index (χ0) is 10.9. The lowest BCUT2D eigenvalue weighted by Crippen LogP contribution is -2.55. The van der Waals surface area contributed by atoms with Crippen molar-refractivity contribution in [3.63, 3.8) is 0 Å². The Balaban J connectivity index is 2.11. The van der Waals surface area contributed by atoms with Gasteiger partial charge in [-0.2, -0.15) is 0 Å². The van der Waals surface area contributed by atoms with E-state index in [0.29, 0.717) is 5.92 Å². The molecule has 0 unspecified atom stereocenters. The molecule has 0 aliphatic carbocycles. The molecule has 86 valence electrons. The molecule has 0 bridgehead atoms. The molecule has 0 amide bonds. The highest BCUT2D eigenvalue weighted by Gasteiger charge is 2.43. The number of aliphatic imine (C=N–C) groups is 1. The Hall–Kier alpha value is -0.770. The van der Waals surface area contributed by atoms with Crippen LogP contribution in [0.5, 0.6) is 0 Å². The maximum Gasteiger partial charge on any atom is 0.191 e. The predicted octanol–water partition coefficient (Wildman–Crippen LogP) is 0.822. The normalized spacial score (nSPS) is 25.0. The van der Waals surface area contributed by atoms with E-state index >= 15 is 0 Å². The second-order valence-electron chi connectivity index (χ2n) is 5.02. The summed E-state index contributed by atoms with van der Waals surface area (Å²) in [5.74, 6) is 1.35. The van der Waals surface area contributed by atoms with Crippen molar-refractivity contribution >= 4 is 5.96 Å². The standard InChI is InChI=1S/C11H21N3O/c1-9(2)7-14-10(12)13-8-11(14)3-5-15-6-4-11/h9H,3-8H2,1-2H3,(H2,12,13). The van der Waals surface area contributed by atoms with E-state index in [2.05, 4.69) is 23.7 Å². The Labute approximate surface area is 91.5 Å². The van der Waals surface area contributed by atoms with E-state index in [1.807, 2.05) is 0 Å². The van der Waals surface area contributed by atoms with E-state index in [-0.39, 0.29) is 5.54 Å². The van der Waals surface area contributed by atoms with Crippen LogP contribution in [-0.4, -0.2) is 42.7 Å². The smallest absolute Gasteiger partial charge is 0.191 e. The maximum atomic E-state index is 5.97. The fourth-order valence-corrected chi connectivity index (χ4v) is 2.47. The first-order valence-electron chi connectivity index (χ1n) is 5.79. The number of hydrogen-bond acceptors (Lipinski definition) is 4. The summed E-state index contributed by atoms with van der Waals surface area (Å²) in [6.07, 6.45) is 2.12. The first-order valence-corrected chi connectivity index (χ1v) is 5.79. The lowest BCUT2D eigenvalue weighted by Gasteiger charge is -2.42. The second kappa shape index (κ2) is 4.00. The van der Waals surface area contributed by atoms with Crippen molar-refractivity contribution in [2.24, 2.45) is 16.6 Å². The minimum absolute atomic E-state index is 0.173. The zero-order valence-corrected chi connectivity index (χ0v) is 9.70. The van der Waals surface area contributed by atoms with Gasteiger partial charge in [0.25, 0.3) is 0 Å². The first-order chi connectivity index (χ1) is 7.14. The number of hydrogen-bond donors (Lipinski definition) is 1. The SMILES string of the molecule is CC(C)CN1C(N)=NCC12CCOCC2. The van der Waals surface area contributed by atoms with Crippen LogP contribution in [0, 0.1) is 5.92 Å². The van der Waals surface area contributed by atoms with Crippen LogP contribution >= 0.6 is 0 Å². The van der Waals surface area contributed by atoms with Crippen molar-refractivity contribution in [1.29, 1.82) is 0 Å². The van der Waals surface area contributed by atoms with Gasteiger partial charge in [0.15, 0.2) is 5.96 Å². The topological polar surface area (TPSA) is 50.8 Å². The molecular weight excluding hydrogens is 190 g/mol. The van der Waals surface area contributed by atoms with Gasteiger partial charge < -0.3 is 15.4 Å². The van der Waals surface area contributed by atoms with Crippen LogP contribution in [0.4, 0.5) is 0 Å². The molecule has 0 aromatic rings. The molecule has 0 radical (unpaired) electrons. The zero-order valence-electron chi connectivity index (χ0n) is 9.70. The predicted molar refractivity (Wildman–Crippen MR) is 60.8 cm³/mol. The van der Waals surface area contributed by atoms with Crippen molar-refractivity contribution in [2.45, 2.75) is 32.2 Å². The van der Waals surface area contributed by atoms with E-state index in [4.69, 9.17) is 10.5 Å².